The first-order valence-corrected chi connectivity index (χ1v) is 6.86. The molecule has 1 aliphatic rings. The molecule has 94 valence electrons. The van der Waals surface area contributed by atoms with Crippen LogP contribution in [0.25, 0.3) is 0 Å². The minimum absolute atomic E-state index is 0.687. The minimum Gasteiger partial charge on any atom is -0.355 e. The van der Waals surface area contributed by atoms with Gasteiger partial charge in [-0.3, -0.25) is 0 Å². The maximum atomic E-state index is 4.41. The average Bonchev–Trinajstić information content (AvgIpc) is 2.70. The highest BCUT2D eigenvalue weighted by atomic mass is 79.9. The second-order valence-corrected chi connectivity index (χ2v) is 5.56. The van der Waals surface area contributed by atoms with E-state index in [9.17, 15) is 0 Å². The number of halogens is 1. The standard InChI is InChI=1S/C13H15BrN4/c1-10-15-5-6-17(10)7-11-8-18(9-11)13-12(14)3-2-4-16-13/h2-6,11H,7-9H2,1H3. The van der Waals surface area contributed by atoms with E-state index in [0.29, 0.717) is 5.92 Å². The summed E-state index contributed by atoms with van der Waals surface area (Å²) in [7, 11) is 0. The van der Waals surface area contributed by atoms with E-state index in [2.05, 4.69) is 41.6 Å². The van der Waals surface area contributed by atoms with Gasteiger partial charge in [-0.2, -0.15) is 0 Å². The predicted molar refractivity (Wildman–Crippen MR) is 74.6 cm³/mol. The Morgan fingerprint density at radius 2 is 2.17 bits per heavy atom. The third-order valence-electron chi connectivity index (χ3n) is 3.37. The molecule has 0 unspecified atom stereocenters. The highest BCUT2D eigenvalue weighted by molar-refractivity contribution is 9.10. The molecule has 5 heteroatoms. The van der Waals surface area contributed by atoms with Gasteiger partial charge in [-0.1, -0.05) is 0 Å². The number of rotatable bonds is 3. The average molecular weight is 307 g/mol. The zero-order chi connectivity index (χ0) is 12.5. The second-order valence-electron chi connectivity index (χ2n) is 4.71. The van der Waals surface area contributed by atoms with Gasteiger partial charge in [0, 0.05) is 44.1 Å². The summed E-state index contributed by atoms with van der Waals surface area (Å²) in [5.74, 6) is 2.83. The van der Waals surface area contributed by atoms with E-state index in [4.69, 9.17) is 0 Å². The Bertz CT molecular complexity index is 545. The molecule has 0 radical (unpaired) electrons. The third kappa shape index (κ3) is 2.14. The number of aryl methyl sites for hydroxylation is 1. The number of aromatic nitrogens is 3. The van der Waals surface area contributed by atoms with Crippen LogP contribution in [0.5, 0.6) is 0 Å². The van der Waals surface area contributed by atoms with Gasteiger partial charge in [0.1, 0.15) is 11.6 Å². The number of pyridine rings is 1. The number of nitrogens with zero attached hydrogens (tertiary/aromatic N) is 4. The zero-order valence-corrected chi connectivity index (χ0v) is 11.8. The van der Waals surface area contributed by atoms with E-state index >= 15 is 0 Å². The van der Waals surface area contributed by atoms with Crippen LogP contribution >= 0.6 is 15.9 Å². The Morgan fingerprint density at radius 3 is 2.83 bits per heavy atom. The van der Waals surface area contributed by atoms with Crippen molar-refractivity contribution in [1.82, 2.24) is 14.5 Å². The lowest BCUT2D eigenvalue weighted by atomic mass is 10.00. The van der Waals surface area contributed by atoms with Crippen molar-refractivity contribution < 1.29 is 0 Å². The lowest BCUT2D eigenvalue weighted by Crippen LogP contribution is -2.49. The molecule has 18 heavy (non-hydrogen) atoms. The summed E-state index contributed by atoms with van der Waals surface area (Å²) in [5, 5.41) is 0. The van der Waals surface area contributed by atoms with E-state index in [-0.39, 0.29) is 0 Å². The van der Waals surface area contributed by atoms with E-state index in [0.717, 1.165) is 35.7 Å². The van der Waals surface area contributed by atoms with E-state index in [1.54, 1.807) is 0 Å². The SMILES string of the molecule is Cc1nccn1CC1CN(c2ncccc2Br)C1. The van der Waals surface area contributed by atoms with Crippen LogP contribution in [0.1, 0.15) is 5.82 Å². The summed E-state index contributed by atoms with van der Waals surface area (Å²) in [6.45, 7) is 5.22. The van der Waals surface area contributed by atoms with Crippen LogP contribution in [0, 0.1) is 12.8 Å². The van der Waals surface area contributed by atoms with E-state index in [1.165, 1.54) is 0 Å². The van der Waals surface area contributed by atoms with Crippen LogP contribution in [0.2, 0.25) is 0 Å². The Hall–Kier alpha value is -1.36. The summed E-state index contributed by atoms with van der Waals surface area (Å²) in [6, 6.07) is 3.98. The van der Waals surface area contributed by atoms with Crippen molar-refractivity contribution in [3.63, 3.8) is 0 Å². The van der Waals surface area contributed by atoms with Crippen LogP contribution in [0.15, 0.2) is 35.2 Å². The Labute approximate surface area is 115 Å². The maximum Gasteiger partial charge on any atom is 0.142 e. The predicted octanol–water partition coefficient (Wildman–Crippen LogP) is 2.49. The molecule has 0 N–H and O–H groups in total. The van der Waals surface area contributed by atoms with Crippen LogP contribution in [-0.4, -0.2) is 27.6 Å². The van der Waals surface area contributed by atoms with Gasteiger partial charge in [0.2, 0.25) is 0 Å². The molecular weight excluding hydrogens is 292 g/mol. The molecule has 3 heterocycles. The molecule has 4 nitrogen and oxygen atoms in total. The number of imidazole rings is 1. The van der Waals surface area contributed by atoms with Crippen LogP contribution in [0.3, 0.4) is 0 Å². The van der Waals surface area contributed by atoms with Crippen molar-refractivity contribution in [1.29, 1.82) is 0 Å². The molecule has 2 aromatic heterocycles. The van der Waals surface area contributed by atoms with Gasteiger partial charge in [0.25, 0.3) is 0 Å². The summed E-state index contributed by atoms with van der Waals surface area (Å²) in [6.07, 6.45) is 5.75. The quantitative estimate of drug-likeness (QED) is 0.873. The zero-order valence-electron chi connectivity index (χ0n) is 10.3. The normalized spacial score (nSPS) is 15.8. The van der Waals surface area contributed by atoms with Gasteiger partial charge in [-0.25, -0.2) is 9.97 Å². The van der Waals surface area contributed by atoms with Gasteiger partial charge in [-0.05, 0) is 35.0 Å². The monoisotopic (exact) mass is 306 g/mol. The molecule has 1 aliphatic heterocycles. The Morgan fingerprint density at radius 1 is 1.33 bits per heavy atom. The maximum absolute atomic E-state index is 4.41. The molecule has 0 amide bonds. The molecule has 0 aliphatic carbocycles. The molecule has 1 saturated heterocycles. The minimum atomic E-state index is 0.687. The van der Waals surface area contributed by atoms with Crippen molar-refractivity contribution in [2.45, 2.75) is 13.5 Å². The smallest absolute Gasteiger partial charge is 0.142 e. The highest BCUT2D eigenvalue weighted by Crippen LogP contribution is 2.29. The van der Waals surface area contributed by atoms with Crippen molar-refractivity contribution in [2.75, 3.05) is 18.0 Å². The van der Waals surface area contributed by atoms with E-state index in [1.807, 2.05) is 31.5 Å². The molecule has 0 atom stereocenters. The van der Waals surface area contributed by atoms with Crippen LogP contribution < -0.4 is 4.90 Å². The first-order chi connectivity index (χ1) is 8.74. The number of hydrogen-bond acceptors (Lipinski definition) is 3. The van der Waals surface area contributed by atoms with Gasteiger partial charge in [-0.15, -0.1) is 0 Å². The summed E-state index contributed by atoms with van der Waals surface area (Å²) in [5.41, 5.74) is 0. The lowest BCUT2D eigenvalue weighted by Gasteiger charge is -2.40. The highest BCUT2D eigenvalue weighted by Gasteiger charge is 2.29. The van der Waals surface area contributed by atoms with Crippen molar-refractivity contribution >= 4 is 21.7 Å². The van der Waals surface area contributed by atoms with Crippen molar-refractivity contribution in [3.05, 3.63) is 41.0 Å². The Balaban J connectivity index is 1.61. The summed E-state index contributed by atoms with van der Waals surface area (Å²) in [4.78, 5) is 11.0. The number of anilines is 1. The molecule has 0 aromatic carbocycles. The summed E-state index contributed by atoms with van der Waals surface area (Å²) < 4.78 is 3.29. The second kappa shape index (κ2) is 4.72. The molecule has 1 fully saturated rings. The fraction of sp³-hybridized carbons (Fsp3) is 0.385. The van der Waals surface area contributed by atoms with E-state index < -0.39 is 0 Å². The van der Waals surface area contributed by atoms with Gasteiger partial charge < -0.3 is 9.47 Å². The number of hydrogen-bond donors (Lipinski definition) is 0. The molecular formula is C13H15BrN4. The first kappa shape index (κ1) is 11.7. The first-order valence-electron chi connectivity index (χ1n) is 6.07. The topological polar surface area (TPSA) is 34.0 Å². The Kier molecular flexibility index (Phi) is 3.07. The third-order valence-corrected chi connectivity index (χ3v) is 3.99. The molecule has 0 spiro atoms. The van der Waals surface area contributed by atoms with Gasteiger partial charge in [0.15, 0.2) is 0 Å². The molecule has 2 aromatic rings. The van der Waals surface area contributed by atoms with Gasteiger partial charge in [0.05, 0.1) is 4.47 Å². The lowest BCUT2D eigenvalue weighted by molar-refractivity contribution is 0.352. The van der Waals surface area contributed by atoms with Crippen molar-refractivity contribution in [3.8, 4) is 0 Å². The molecule has 3 rings (SSSR count). The fourth-order valence-electron chi connectivity index (χ4n) is 2.34. The molecule has 0 saturated carbocycles. The largest absolute Gasteiger partial charge is 0.355 e. The molecule has 0 bridgehead atoms. The van der Waals surface area contributed by atoms with Crippen LogP contribution in [-0.2, 0) is 6.54 Å². The fourth-order valence-corrected chi connectivity index (χ4v) is 2.85. The van der Waals surface area contributed by atoms with Crippen molar-refractivity contribution in [2.24, 2.45) is 5.92 Å². The van der Waals surface area contributed by atoms with Gasteiger partial charge >= 0.3 is 0 Å². The van der Waals surface area contributed by atoms with Crippen LogP contribution in [0.4, 0.5) is 5.82 Å². The summed E-state index contributed by atoms with van der Waals surface area (Å²) >= 11 is 3.54.